The molecule has 0 unspecified atom stereocenters. The second kappa shape index (κ2) is 8.44. The lowest BCUT2D eigenvalue weighted by Gasteiger charge is -2.24. The second-order valence-corrected chi connectivity index (χ2v) is 7.94. The lowest BCUT2D eigenvalue weighted by Crippen LogP contribution is -2.29. The number of aromatic nitrogens is 2. The maximum absolute atomic E-state index is 14.1. The molecule has 8 heteroatoms. The van der Waals surface area contributed by atoms with Crippen molar-refractivity contribution < 1.29 is 17.6 Å². The summed E-state index contributed by atoms with van der Waals surface area (Å²) in [6, 6.07) is 3.06. The topological polar surface area (TPSA) is 33.1 Å². The fourth-order valence-electron chi connectivity index (χ4n) is 4.31. The first-order chi connectivity index (χ1) is 13.9. The Labute approximate surface area is 167 Å². The molecule has 4 nitrogen and oxygen atoms in total. The fraction of sp³-hybridized carbons (Fsp3) is 0.571. The van der Waals surface area contributed by atoms with E-state index in [9.17, 15) is 17.6 Å². The van der Waals surface area contributed by atoms with Gasteiger partial charge in [-0.25, -0.2) is 9.37 Å². The Hall–Kier alpha value is -1.93. The summed E-state index contributed by atoms with van der Waals surface area (Å²) in [5, 5.41) is 3.35. The van der Waals surface area contributed by atoms with Crippen LogP contribution >= 0.6 is 0 Å². The lowest BCUT2D eigenvalue weighted by atomic mass is 9.97. The zero-order chi connectivity index (χ0) is 20.4. The van der Waals surface area contributed by atoms with E-state index in [1.165, 1.54) is 18.9 Å². The number of imidazole rings is 1. The highest BCUT2D eigenvalue weighted by Gasteiger charge is 2.34. The van der Waals surface area contributed by atoms with Gasteiger partial charge in [-0.3, -0.25) is 0 Å². The molecule has 2 aliphatic rings. The third kappa shape index (κ3) is 4.64. The highest BCUT2D eigenvalue weighted by Crippen LogP contribution is 2.34. The van der Waals surface area contributed by atoms with E-state index in [1.807, 2.05) is 6.20 Å². The number of rotatable bonds is 5. The van der Waals surface area contributed by atoms with Crippen molar-refractivity contribution in [1.29, 1.82) is 0 Å². The van der Waals surface area contributed by atoms with Gasteiger partial charge in [0.15, 0.2) is 0 Å². The number of nitrogens with zero attached hydrogens (tertiary/aromatic N) is 3. The molecule has 2 aliphatic heterocycles. The van der Waals surface area contributed by atoms with Gasteiger partial charge >= 0.3 is 6.18 Å². The molecule has 29 heavy (non-hydrogen) atoms. The van der Waals surface area contributed by atoms with Crippen molar-refractivity contribution in [3.63, 3.8) is 0 Å². The van der Waals surface area contributed by atoms with Crippen molar-refractivity contribution in [3.05, 3.63) is 41.6 Å². The molecular weight excluding hydrogens is 384 g/mol. The zero-order valence-electron chi connectivity index (χ0n) is 16.3. The Kier molecular flexibility index (Phi) is 5.92. The van der Waals surface area contributed by atoms with E-state index in [2.05, 4.69) is 14.8 Å². The third-order valence-electron chi connectivity index (χ3n) is 5.94. The zero-order valence-corrected chi connectivity index (χ0v) is 16.3. The summed E-state index contributed by atoms with van der Waals surface area (Å²) < 4.78 is 54.8. The van der Waals surface area contributed by atoms with E-state index < -0.39 is 17.6 Å². The number of hydrogen-bond donors (Lipinski definition) is 1. The van der Waals surface area contributed by atoms with Gasteiger partial charge in [0, 0.05) is 30.8 Å². The van der Waals surface area contributed by atoms with Gasteiger partial charge in [0.05, 0.1) is 11.3 Å². The van der Waals surface area contributed by atoms with Gasteiger partial charge in [-0.1, -0.05) is 6.07 Å². The number of piperidine rings is 1. The van der Waals surface area contributed by atoms with E-state index in [1.54, 1.807) is 0 Å². The molecule has 0 spiro atoms. The molecule has 0 atom stereocenters. The predicted molar refractivity (Wildman–Crippen MR) is 103 cm³/mol. The number of likely N-dealkylation sites (tertiary alicyclic amines) is 1. The monoisotopic (exact) mass is 410 g/mol. The summed E-state index contributed by atoms with van der Waals surface area (Å²) in [4.78, 5) is 7.17. The number of halogens is 4. The minimum atomic E-state index is -4.70. The molecule has 0 bridgehead atoms. The number of nitrogens with one attached hydrogen (secondary N) is 1. The molecule has 0 aliphatic carbocycles. The molecule has 3 heterocycles. The summed E-state index contributed by atoms with van der Waals surface area (Å²) in [5.74, 6) is 0.00825. The standard InChI is InChI=1S/C21H26F4N4/c22-18-13-16(3-4-17(18)21(23,24)25)19-14-29(12-11-28-9-1-2-10-28)20(27-19)15-5-7-26-8-6-15/h3-4,13-15,26H,1-2,5-12H2. The van der Waals surface area contributed by atoms with Crippen LogP contribution in [0.25, 0.3) is 11.3 Å². The van der Waals surface area contributed by atoms with E-state index in [-0.39, 0.29) is 0 Å². The molecule has 0 amide bonds. The molecule has 0 saturated carbocycles. The average molecular weight is 410 g/mol. The van der Waals surface area contributed by atoms with Gasteiger partial charge in [-0.15, -0.1) is 0 Å². The highest BCUT2D eigenvalue weighted by atomic mass is 19.4. The maximum atomic E-state index is 14.1. The molecule has 2 aromatic rings. The van der Waals surface area contributed by atoms with Crippen molar-refractivity contribution >= 4 is 0 Å². The Morgan fingerprint density at radius 1 is 1.07 bits per heavy atom. The van der Waals surface area contributed by atoms with Crippen LogP contribution in [0.2, 0.25) is 0 Å². The summed E-state index contributed by atoms with van der Waals surface area (Å²) in [5.41, 5.74) is -0.327. The molecule has 158 valence electrons. The van der Waals surface area contributed by atoms with Crippen LogP contribution in [0.1, 0.15) is 43.0 Å². The van der Waals surface area contributed by atoms with Crippen molar-refractivity contribution in [2.24, 2.45) is 0 Å². The van der Waals surface area contributed by atoms with Crippen LogP contribution < -0.4 is 5.32 Å². The van der Waals surface area contributed by atoms with Gasteiger partial charge in [-0.2, -0.15) is 13.2 Å². The second-order valence-electron chi connectivity index (χ2n) is 7.94. The SMILES string of the molecule is Fc1cc(-c2cn(CCN3CCCC3)c(C3CCNCC3)n2)ccc1C(F)(F)F. The molecular formula is C21H26F4N4. The minimum Gasteiger partial charge on any atom is -0.333 e. The predicted octanol–water partition coefficient (Wildman–Crippen LogP) is 4.27. The molecule has 0 radical (unpaired) electrons. The van der Waals surface area contributed by atoms with Crippen LogP contribution in [-0.2, 0) is 12.7 Å². The van der Waals surface area contributed by atoms with Crippen molar-refractivity contribution in [2.75, 3.05) is 32.7 Å². The van der Waals surface area contributed by atoms with Crippen LogP contribution in [0, 0.1) is 5.82 Å². The van der Waals surface area contributed by atoms with Gasteiger partial charge in [0.1, 0.15) is 11.6 Å². The first-order valence-corrected chi connectivity index (χ1v) is 10.3. The Morgan fingerprint density at radius 3 is 2.45 bits per heavy atom. The largest absolute Gasteiger partial charge is 0.419 e. The van der Waals surface area contributed by atoms with Gasteiger partial charge in [-0.05, 0) is 64.0 Å². The number of alkyl halides is 3. The first-order valence-electron chi connectivity index (χ1n) is 10.3. The van der Waals surface area contributed by atoms with E-state index >= 15 is 0 Å². The highest BCUT2D eigenvalue weighted by molar-refractivity contribution is 5.59. The third-order valence-corrected chi connectivity index (χ3v) is 5.94. The van der Waals surface area contributed by atoms with Crippen LogP contribution in [0.5, 0.6) is 0 Å². The molecule has 1 aromatic heterocycles. The van der Waals surface area contributed by atoms with Crippen LogP contribution in [0.3, 0.4) is 0 Å². The van der Waals surface area contributed by atoms with Crippen LogP contribution in [-0.4, -0.2) is 47.2 Å². The molecule has 2 fully saturated rings. The average Bonchev–Trinajstić information content (AvgIpc) is 3.36. The summed E-state index contributed by atoms with van der Waals surface area (Å²) in [7, 11) is 0. The van der Waals surface area contributed by atoms with Crippen molar-refractivity contribution in [2.45, 2.75) is 44.3 Å². The number of benzene rings is 1. The van der Waals surface area contributed by atoms with Gasteiger partial charge < -0.3 is 14.8 Å². The molecule has 1 aromatic carbocycles. The van der Waals surface area contributed by atoms with Crippen molar-refractivity contribution in [3.8, 4) is 11.3 Å². The van der Waals surface area contributed by atoms with Gasteiger partial charge in [0.2, 0.25) is 0 Å². The quantitative estimate of drug-likeness (QED) is 0.748. The van der Waals surface area contributed by atoms with Crippen molar-refractivity contribution in [1.82, 2.24) is 19.8 Å². The normalized spacial score (nSPS) is 19.2. The molecule has 4 rings (SSSR count). The fourth-order valence-corrected chi connectivity index (χ4v) is 4.31. The van der Waals surface area contributed by atoms with Crippen LogP contribution in [0.15, 0.2) is 24.4 Å². The lowest BCUT2D eigenvalue weighted by molar-refractivity contribution is -0.139. The summed E-state index contributed by atoms with van der Waals surface area (Å²) in [6.07, 6.45) is 1.57. The van der Waals surface area contributed by atoms with Crippen LogP contribution in [0.4, 0.5) is 17.6 Å². The Bertz CT molecular complexity index is 834. The maximum Gasteiger partial charge on any atom is 0.419 e. The summed E-state index contributed by atoms with van der Waals surface area (Å²) >= 11 is 0. The molecule has 2 saturated heterocycles. The summed E-state index contributed by atoms with van der Waals surface area (Å²) in [6.45, 7) is 5.77. The van der Waals surface area contributed by atoms with E-state index in [0.717, 1.165) is 70.1 Å². The Balaban J connectivity index is 1.62. The Morgan fingerprint density at radius 2 is 1.79 bits per heavy atom. The smallest absolute Gasteiger partial charge is 0.333 e. The minimum absolute atomic E-state index is 0.308. The van der Waals surface area contributed by atoms with E-state index in [4.69, 9.17) is 4.98 Å². The molecule has 1 N–H and O–H groups in total. The van der Waals surface area contributed by atoms with Gasteiger partial charge in [0.25, 0.3) is 0 Å². The first kappa shape index (κ1) is 20.3. The van der Waals surface area contributed by atoms with E-state index in [0.29, 0.717) is 17.2 Å². The number of hydrogen-bond acceptors (Lipinski definition) is 3.